The number of rotatable bonds is 3. The second-order valence-electron chi connectivity index (χ2n) is 5.61. The smallest absolute Gasteiger partial charge is 0.158 e. The van der Waals surface area contributed by atoms with Gasteiger partial charge in [0, 0.05) is 6.42 Å². The Hall–Kier alpha value is -0.590. The number of allylic oxidation sites excluding steroid dienone is 1. The number of hydrogen-bond acceptors (Lipinski definition) is 1. The molecule has 1 heteroatoms. The number of fused-ring (bicyclic) bond motifs is 2. The summed E-state index contributed by atoms with van der Waals surface area (Å²) in [5, 5.41) is 0. The summed E-state index contributed by atoms with van der Waals surface area (Å²) in [7, 11) is 0. The fraction of sp³-hybridized carbons (Fsp3) is 0.769. The molecule has 2 aliphatic carbocycles. The summed E-state index contributed by atoms with van der Waals surface area (Å²) in [6.07, 6.45) is 6.15. The van der Waals surface area contributed by atoms with Gasteiger partial charge in [-0.15, -0.1) is 0 Å². The highest BCUT2D eigenvalue weighted by molar-refractivity contribution is 5.94. The number of carbonyl (C=O) groups is 1. The molecular weight excluding hydrogens is 172 g/mol. The molecule has 14 heavy (non-hydrogen) atoms. The highest BCUT2D eigenvalue weighted by atomic mass is 16.1. The number of hydrogen-bond donors (Lipinski definition) is 0. The number of ketones is 1. The van der Waals surface area contributed by atoms with Gasteiger partial charge in [-0.1, -0.05) is 19.9 Å². The SMILES string of the molecule is C=C(C)C(=O)CC1(C)CC2CCC1C2. The maximum Gasteiger partial charge on any atom is 0.158 e. The summed E-state index contributed by atoms with van der Waals surface area (Å²) < 4.78 is 0. The summed E-state index contributed by atoms with van der Waals surface area (Å²) >= 11 is 0. The fourth-order valence-corrected chi connectivity index (χ4v) is 3.45. The zero-order chi connectivity index (χ0) is 10.3. The topological polar surface area (TPSA) is 17.1 Å². The standard InChI is InChI=1S/C13H20O/c1-9(2)12(14)8-13(3)7-10-4-5-11(13)6-10/h10-11H,1,4-8H2,2-3H3. The van der Waals surface area contributed by atoms with Gasteiger partial charge < -0.3 is 0 Å². The molecule has 2 bridgehead atoms. The third kappa shape index (κ3) is 1.53. The lowest BCUT2D eigenvalue weighted by atomic mass is 9.71. The van der Waals surface area contributed by atoms with Crippen molar-refractivity contribution in [1.29, 1.82) is 0 Å². The first kappa shape index (κ1) is 9.95. The van der Waals surface area contributed by atoms with Crippen molar-refractivity contribution in [2.24, 2.45) is 17.3 Å². The van der Waals surface area contributed by atoms with E-state index in [1.54, 1.807) is 0 Å². The third-order valence-corrected chi connectivity index (χ3v) is 4.32. The zero-order valence-electron chi connectivity index (χ0n) is 9.31. The van der Waals surface area contributed by atoms with E-state index in [1.165, 1.54) is 25.7 Å². The minimum atomic E-state index is 0.278. The first-order valence-electron chi connectivity index (χ1n) is 5.70. The fourth-order valence-electron chi connectivity index (χ4n) is 3.45. The van der Waals surface area contributed by atoms with Gasteiger partial charge >= 0.3 is 0 Å². The van der Waals surface area contributed by atoms with Crippen molar-refractivity contribution in [1.82, 2.24) is 0 Å². The Kier molecular flexibility index (Phi) is 2.29. The Morgan fingerprint density at radius 1 is 1.50 bits per heavy atom. The van der Waals surface area contributed by atoms with E-state index in [-0.39, 0.29) is 5.78 Å². The maximum atomic E-state index is 11.7. The highest BCUT2D eigenvalue weighted by Gasteiger charge is 2.48. The molecule has 2 fully saturated rings. The second-order valence-corrected chi connectivity index (χ2v) is 5.61. The Morgan fingerprint density at radius 3 is 2.64 bits per heavy atom. The Balaban J connectivity index is 2.04. The van der Waals surface area contributed by atoms with E-state index in [1.807, 2.05) is 6.92 Å². The first-order valence-corrected chi connectivity index (χ1v) is 5.70. The van der Waals surface area contributed by atoms with Crippen LogP contribution in [-0.2, 0) is 4.79 Å². The van der Waals surface area contributed by atoms with Crippen LogP contribution in [0.2, 0.25) is 0 Å². The Morgan fingerprint density at radius 2 is 2.21 bits per heavy atom. The van der Waals surface area contributed by atoms with E-state index >= 15 is 0 Å². The van der Waals surface area contributed by atoms with Gasteiger partial charge in [-0.25, -0.2) is 0 Å². The first-order chi connectivity index (χ1) is 6.51. The van der Waals surface area contributed by atoms with Crippen molar-refractivity contribution >= 4 is 5.78 Å². The van der Waals surface area contributed by atoms with Crippen LogP contribution in [0.1, 0.15) is 46.0 Å². The van der Waals surface area contributed by atoms with E-state index < -0.39 is 0 Å². The third-order valence-electron chi connectivity index (χ3n) is 4.32. The predicted octanol–water partition coefficient (Wildman–Crippen LogP) is 3.35. The molecule has 2 aliphatic rings. The molecule has 0 radical (unpaired) electrons. The summed E-state index contributed by atoms with van der Waals surface area (Å²) in [4.78, 5) is 11.7. The van der Waals surface area contributed by atoms with Gasteiger partial charge in [0.15, 0.2) is 5.78 Å². The summed E-state index contributed by atoms with van der Waals surface area (Å²) in [6, 6.07) is 0. The van der Waals surface area contributed by atoms with Gasteiger partial charge in [-0.2, -0.15) is 0 Å². The van der Waals surface area contributed by atoms with Crippen LogP contribution in [0.4, 0.5) is 0 Å². The maximum absolute atomic E-state index is 11.7. The van der Waals surface area contributed by atoms with E-state index in [4.69, 9.17) is 0 Å². The van der Waals surface area contributed by atoms with Gasteiger partial charge in [0.1, 0.15) is 0 Å². The summed E-state index contributed by atoms with van der Waals surface area (Å²) in [6.45, 7) is 7.88. The van der Waals surface area contributed by atoms with Crippen molar-refractivity contribution in [2.75, 3.05) is 0 Å². The second kappa shape index (κ2) is 3.22. The van der Waals surface area contributed by atoms with Crippen molar-refractivity contribution in [3.63, 3.8) is 0 Å². The molecular formula is C13H20O. The molecule has 0 heterocycles. The molecule has 0 saturated heterocycles. The van der Waals surface area contributed by atoms with Gasteiger partial charge in [0.05, 0.1) is 0 Å². The molecule has 0 N–H and O–H groups in total. The zero-order valence-corrected chi connectivity index (χ0v) is 9.31. The van der Waals surface area contributed by atoms with Crippen LogP contribution in [0.15, 0.2) is 12.2 Å². The summed E-state index contributed by atoms with van der Waals surface area (Å²) in [5.74, 6) is 2.01. The molecule has 78 valence electrons. The van der Waals surface area contributed by atoms with Crippen LogP contribution in [0, 0.1) is 17.3 Å². The van der Waals surface area contributed by atoms with Gasteiger partial charge in [0.2, 0.25) is 0 Å². The van der Waals surface area contributed by atoms with Crippen LogP contribution in [0.5, 0.6) is 0 Å². The molecule has 1 nitrogen and oxygen atoms in total. The molecule has 2 saturated carbocycles. The van der Waals surface area contributed by atoms with Crippen LogP contribution >= 0.6 is 0 Å². The largest absolute Gasteiger partial charge is 0.295 e. The molecule has 0 aliphatic heterocycles. The van der Waals surface area contributed by atoms with E-state index in [0.717, 1.165) is 23.8 Å². The Labute approximate surface area is 86.6 Å². The lowest BCUT2D eigenvalue weighted by Gasteiger charge is -2.33. The van der Waals surface area contributed by atoms with Crippen LogP contribution < -0.4 is 0 Å². The molecule has 0 amide bonds. The minimum Gasteiger partial charge on any atom is -0.295 e. The van der Waals surface area contributed by atoms with Crippen LogP contribution in [-0.4, -0.2) is 5.78 Å². The quantitative estimate of drug-likeness (QED) is 0.627. The molecule has 0 aromatic rings. The molecule has 0 aromatic heterocycles. The lowest BCUT2D eigenvalue weighted by Crippen LogP contribution is -2.27. The highest BCUT2D eigenvalue weighted by Crippen LogP contribution is 2.57. The molecule has 3 atom stereocenters. The molecule has 3 unspecified atom stereocenters. The van der Waals surface area contributed by atoms with Crippen molar-refractivity contribution < 1.29 is 4.79 Å². The van der Waals surface area contributed by atoms with E-state index in [9.17, 15) is 4.79 Å². The molecule has 0 spiro atoms. The molecule has 0 aromatic carbocycles. The number of carbonyl (C=O) groups excluding carboxylic acids is 1. The monoisotopic (exact) mass is 192 g/mol. The van der Waals surface area contributed by atoms with Crippen molar-refractivity contribution in [3.8, 4) is 0 Å². The van der Waals surface area contributed by atoms with Gasteiger partial charge in [-0.3, -0.25) is 4.79 Å². The van der Waals surface area contributed by atoms with Crippen LogP contribution in [0.3, 0.4) is 0 Å². The summed E-state index contributed by atoms with van der Waals surface area (Å²) in [5.41, 5.74) is 1.04. The average molecular weight is 192 g/mol. The van der Waals surface area contributed by atoms with Crippen molar-refractivity contribution in [3.05, 3.63) is 12.2 Å². The van der Waals surface area contributed by atoms with Crippen molar-refractivity contribution in [2.45, 2.75) is 46.0 Å². The molecule has 2 rings (SSSR count). The lowest BCUT2D eigenvalue weighted by molar-refractivity contribution is -0.118. The Bertz CT molecular complexity index is 279. The predicted molar refractivity (Wildman–Crippen MR) is 58.0 cm³/mol. The van der Waals surface area contributed by atoms with E-state index in [2.05, 4.69) is 13.5 Å². The average Bonchev–Trinajstić information content (AvgIpc) is 2.62. The van der Waals surface area contributed by atoms with Gasteiger partial charge in [0.25, 0.3) is 0 Å². The van der Waals surface area contributed by atoms with Crippen LogP contribution in [0.25, 0.3) is 0 Å². The normalized spacial score (nSPS) is 40.1. The van der Waals surface area contributed by atoms with Gasteiger partial charge in [-0.05, 0) is 49.0 Å². The number of Topliss-reactive ketones (excluding diaryl/α,β-unsaturated/α-hetero) is 1. The minimum absolute atomic E-state index is 0.278. The van der Waals surface area contributed by atoms with E-state index in [0.29, 0.717) is 5.41 Å².